The maximum atomic E-state index is 12.5. The number of hydrogen-bond donors (Lipinski definition) is 4. The molecule has 2 amide bonds. The van der Waals surface area contributed by atoms with Gasteiger partial charge in [-0.05, 0) is 55.3 Å². The maximum Gasteiger partial charge on any atom is 0.349 e. The highest BCUT2D eigenvalue weighted by molar-refractivity contribution is 6.30. The first-order valence-corrected chi connectivity index (χ1v) is 10.2. The van der Waals surface area contributed by atoms with Crippen LogP contribution in [0.25, 0.3) is 5.69 Å². The van der Waals surface area contributed by atoms with E-state index in [0.29, 0.717) is 28.4 Å². The summed E-state index contributed by atoms with van der Waals surface area (Å²) < 4.78 is 1.20. The van der Waals surface area contributed by atoms with Crippen LogP contribution in [0.4, 0.5) is 11.6 Å². The van der Waals surface area contributed by atoms with Gasteiger partial charge in [0.25, 0.3) is 5.91 Å². The number of hydrogen-bond acceptors (Lipinski definition) is 5. The van der Waals surface area contributed by atoms with Crippen molar-refractivity contribution in [1.29, 1.82) is 0 Å². The Morgan fingerprint density at radius 1 is 1.16 bits per heavy atom. The fourth-order valence-corrected chi connectivity index (χ4v) is 3.92. The number of nitrogens with one attached hydrogen (secondary N) is 3. The normalized spacial score (nSPS) is 18.0. The fourth-order valence-electron chi connectivity index (χ4n) is 3.73. The van der Waals surface area contributed by atoms with Crippen LogP contribution in [0.15, 0.2) is 53.3 Å². The molecule has 0 bridgehead atoms. The van der Waals surface area contributed by atoms with Crippen LogP contribution in [-0.2, 0) is 4.79 Å². The lowest BCUT2D eigenvalue weighted by atomic mass is 10.0. The second-order valence-corrected chi connectivity index (χ2v) is 7.83. The zero-order chi connectivity index (χ0) is 22.0. The highest BCUT2D eigenvalue weighted by Gasteiger charge is 2.32. The van der Waals surface area contributed by atoms with Gasteiger partial charge in [0.1, 0.15) is 0 Å². The summed E-state index contributed by atoms with van der Waals surface area (Å²) in [5, 5.41) is 10.6. The van der Waals surface area contributed by atoms with Crippen LogP contribution in [0.3, 0.4) is 0 Å². The fraction of sp³-hybridized carbons (Fsp3) is 0.238. The number of nitrogens with two attached hydrogens (primary N) is 1. The van der Waals surface area contributed by atoms with E-state index in [1.807, 2.05) is 0 Å². The molecule has 2 atom stereocenters. The molecule has 3 aromatic rings. The van der Waals surface area contributed by atoms with Crippen molar-refractivity contribution in [2.24, 2.45) is 11.7 Å². The molecular weight excluding hydrogens is 420 g/mol. The lowest BCUT2D eigenvalue weighted by molar-refractivity contribution is -0.122. The summed E-state index contributed by atoms with van der Waals surface area (Å²) in [5.74, 6) is -0.717. The predicted molar refractivity (Wildman–Crippen MR) is 117 cm³/mol. The van der Waals surface area contributed by atoms with Crippen molar-refractivity contribution in [3.05, 3.63) is 69.6 Å². The van der Waals surface area contributed by atoms with Gasteiger partial charge in [-0.1, -0.05) is 24.1 Å². The van der Waals surface area contributed by atoms with Gasteiger partial charge < -0.3 is 16.4 Å². The molecule has 0 spiro atoms. The number of amides is 2. The van der Waals surface area contributed by atoms with Crippen LogP contribution in [0.5, 0.6) is 0 Å². The van der Waals surface area contributed by atoms with E-state index < -0.39 is 5.69 Å². The summed E-state index contributed by atoms with van der Waals surface area (Å²) in [7, 11) is 0. The number of carbonyl (C=O) groups excluding carboxylic acids is 2. The Morgan fingerprint density at radius 2 is 1.94 bits per heavy atom. The lowest BCUT2D eigenvalue weighted by Gasteiger charge is -2.18. The average Bonchev–Trinajstić information content (AvgIpc) is 3.35. The van der Waals surface area contributed by atoms with Crippen molar-refractivity contribution >= 4 is 35.1 Å². The van der Waals surface area contributed by atoms with E-state index in [-0.39, 0.29) is 29.7 Å². The second kappa shape index (κ2) is 8.65. The molecule has 0 aliphatic heterocycles. The monoisotopic (exact) mass is 440 g/mol. The SMILES string of the molecule is NC(=O)[C@@H]1CCC[C@@H]1NC(=O)c1ccc(Nc2nn(-c3cccc(Cl)c3)c(=O)[nH]2)cc1. The minimum absolute atomic E-state index is 0.233. The third kappa shape index (κ3) is 4.61. The molecule has 160 valence electrons. The summed E-state index contributed by atoms with van der Waals surface area (Å²) in [5.41, 5.74) is 6.63. The molecule has 1 heterocycles. The Labute approximate surface area is 182 Å². The second-order valence-electron chi connectivity index (χ2n) is 7.39. The molecule has 1 aromatic heterocycles. The van der Waals surface area contributed by atoms with E-state index in [1.165, 1.54) is 4.68 Å². The summed E-state index contributed by atoms with van der Waals surface area (Å²) in [4.78, 5) is 38.8. The van der Waals surface area contributed by atoms with Crippen molar-refractivity contribution < 1.29 is 9.59 Å². The van der Waals surface area contributed by atoms with E-state index >= 15 is 0 Å². The van der Waals surface area contributed by atoms with E-state index in [9.17, 15) is 14.4 Å². The zero-order valence-electron chi connectivity index (χ0n) is 16.5. The maximum absolute atomic E-state index is 12.5. The van der Waals surface area contributed by atoms with Crippen LogP contribution in [0.1, 0.15) is 29.6 Å². The first kappa shape index (κ1) is 20.7. The molecule has 31 heavy (non-hydrogen) atoms. The number of nitrogens with zero attached hydrogens (tertiary/aromatic N) is 2. The van der Waals surface area contributed by atoms with Crippen molar-refractivity contribution in [3.63, 3.8) is 0 Å². The molecule has 1 aliphatic carbocycles. The summed E-state index contributed by atoms with van der Waals surface area (Å²) in [6.07, 6.45) is 2.30. The minimum Gasteiger partial charge on any atom is -0.369 e. The van der Waals surface area contributed by atoms with E-state index in [2.05, 4.69) is 20.7 Å². The number of rotatable bonds is 6. The number of halogens is 1. The molecule has 1 aliphatic rings. The Morgan fingerprint density at radius 3 is 2.65 bits per heavy atom. The van der Waals surface area contributed by atoms with E-state index in [4.69, 9.17) is 17.3 Å². The third-order valence-electron chi connectivity index (χ3n) is 5.28. The van der Waals surface area contributed by atoms with Crippen molar-refractivity contribution in [2.45, 2.75) is 25.3 Å². The van der Waals surface area contributed by atoms with Gasteiger partial charge in [-0.25, -0.2) is 4.79 Å². The number of benzene rings is 2. The van der Waals surface area contributed by atoms with Crippen molar-refractivity contribution in [1.82, 2.24) is 20.1 Å². The molecule has 0 radical (unpaired) electrons. The van der Waals surface area contributed by atoms with Gasteiger partial charge >= 0.3 is 5.69 Å². The number of anilines is 2. The Balaban J connectivity index is 1.43. The molecule has 0 saturated heterocycles. The highest BCUT2D eigenvalue weighted by atomic mass is 35.5. The molecule has 10 heteroatoms. The van der Waals surface area contributed by atoms with Crippen LogP contribution in [0.2, 0.25) is 5.02 Å². The van der Waals surface area contributed by atoms with E-state index in [0.717, 1.165) is 12.8 Å². The predicted octanol–water partition coefficient (Wildman–Crippen LogP) is 2.34. The van der Waals surface area contributed by atoms with Crippen LogP contribution >= 0.6 is 11.6 Å². The smallest absolute Gasteiger partial charge is 0.349 e. The van der Waals surface area contributed by atoms with Crippen LogP contribution in [0, 0.1) is 5.92 Å². The zero-order valence-corrected chi connectivity index (χ0v) is 17.2. The largest absolute Gasteiger partial charge is 0.369 e. The number of primary amides is 1. The molecule has 1 fully saturated rings. The number of aromatic nitrogens is 3. The highest BCUT2D eigenvalue weighted by Crippen LogP contribution is 2.25. The molecule has 0 unspecified atom stereocenters. The van der Waals surface area contributed by atoms with Gasteiger partial charge in [-0.3, -0.25) is 14.6 Å². The van der Waals surface area contributed by atoms with E-state index in [1.54, 1.807) is 48.5 Å². The number of aromatic amines is 1. The molecule has 1 saturated carbocycles. The Hall–Kier alpha value is -3.59. The summed E-state index contributed by atoms with van der Waals surface area (Å²) in [6, 6.07) is 13.3. The molecule has 5 N–H and O–H groups in total. The molecule has 2 aromatic carbocycles. The first-order valence-electron chi connectivity index (χ1n) is 9.83. The van der Waals surface area contributed by atoms with Gasteiger partial charge in [-0.2, -0.15) is 4.68 Å². The summed E-state index contributed by atoms with van der Waals surface area (Å²) >= 11 is 5.98. The first-order chi connectivity index (χ1) is 14.9. The molecular formula is C21H21ClN6O3. The van der Waals surface area contributed by atoms with Crippen LogP contribution in [-0.4, -0.2) is 32.6 Å². The standard InChI is InChI=1S/C21H21ClN6O3/c22-13-3-1-4-15(11-13)28-21(31)26-20(27-28)24-14-9-7-12(8-10-14)19(30)25-17-6-2-5-16(17)18(23)29/h1,3-4,7-11,16-17H,2,5-6H2,(H2,23,29)(H,25,30)(H2,24,26,27,31)/t16-,17+/m1/s1. The summed E-state index contributed by atoms with van der Waals surface area (Å²) in [6.45, 7) is 0. The molecule has 4 rings (SSSR count). The van der Waals surface area contributed by atoms with Crippen LogP contribution < -0.4 is 22.1 Å². The van der Waals surface area contributed by atoms with Gasteiger partial charge in [0.15, 0.2) is 0 Å². The van der Waals surface area contributed by atoms with Gasteiger partial charge in [-0.15, -0.1) is 5.10 Å². The Kier molecular flexibility index (Phi) is 5.77. The average molecular weight is 441 g/mol. The third-order valence-corrected chi connectivity index (χ3v) is 5.51. The van der Waals surface area contributed by atoms with Gasteiger partial charge in [0, 0.05) is 22.3 Å². The van der Waals surface area contributed by atoms with Crippen molar-refractivity contribution in [3.8, 4) is 5.69 Å². The van der Waals surface area contributed by atoms with Crippen molar-refractivity contribution in [2.75, 3.05) is 5.32 Å². The minimum atomic E-state index is -0.415. The number of carbonyl (C=O) groups is 2. The quantitative estimate of drug-likeness (QED) is 0.466. The molecule has 9 nitrogen and oxygen atoms in total. The number of H-pyrrole nitrogens is 1. The van der Waals surface area contributed by atoms with Gasteiger partial charge in [0.05, 0.1) is 11.6 Å². The lowest BCUT2D eigenvalue weighted by Crippen LogP contribution is -2.42. The Bertz CT molecular complexity index is 1170. The topological polar surface area (TPSA) is 135 Å². The van der Waals surface area contributed by atoms with Gasteiger partial charge in [0.2, 0.25) is 11.9 Å².